The summed E-state index contributed by atoms with van der Waals surface area (Å²) in [5.74, 6) is -0.824. The second-order valence-electron chi connectivity index (χ2n) is 3.53. The Morgan fingerprint density at radius 2 is 2.19 bits per heavy atom. The van der Waals surface area contributed by atoms with Crippen LogP contribution in [0.1, 0.15) is 29.3 Å². The van der Waals surface area contributed by atoms with Crippen molar-refractivity contribution in [2.45, 2.75) is 24.8 Å². The SMILES string of the molecule is COCc1ccccc1C(Cl)CCC(=O)O. The van der Waals surface area contributed by atoms with Gasteiger partial charge in [0, 0.05) is 13.5 Å². The summed E-state index contributed by atoms with van der Waals surface area (Å²) in [6.45, 7) is 0.493. The van der Waals surface area contributed by atoms with Crippen LogP contribution in [0.3, 0.4) is 0 Å². The van der Waals surface area contributed by atoms with Crippen molar-refractivity contribution in [3.63, 3.8) is 0 Å². The van der Waals surface area contributed by atoms with E-state index in [1.54, 1.807) is 7.11 Å². The second kappa shape index (κ2) is 6.51. The van der Waals surface area contributed by atoms with E-state index < -0.39 is 5.97 Å². The maximum absolute atomic E-state index is 10.5. The highest BCUT2D eigenvalue weighted by atomic mass is 35.5. The Hall–Kier alpha value is -1.06. The van der Waals surface area contributed by atoms with Crippen LogP contribution in [0.15, 0.2) is 24.3 Å². The van der Waals surface area contributed by atoms with Gasteiger partial charge in [-0.2, -0.15) is 0 Å². The van der Waals surface area contributed by atoms with Gasteiger partial charge in [0.25, 0.3) is 0 Å². The third-order valence-electron chi connectivity index (χ3n) is 2.30. The van der Waals surface area contributed by atoms with Crippen molar-refractivity contribution >= 4 is 17.6 Å². The average molecular weight is 243 g/mol. The predicted octanol–water partition coefficient (Wildman–Crippen LogP) is 2.98. The molecule has 0 fully saturated rings. The Kier molecular flexibility index (Phi) is 5.29. The highest BCUT2D eigenvalue weighted by molar-refractivity contribution is 6.21. The molecule has 1 aromatic rings. The number of hydrogen-bond acceptors (Lipinski definition) is 2. The second-order valence-corrected chi connectivity index (χ2v) is 4.06. The lowest BCUT2D eigenvalue weighted by Crippen LogP contribution is -2.02. The molecule has 1 unspecified atom stereocenters. The molecule has 88 valence electrons. The molecule has 16 heavy (non-hydrogen) atoms. The van der Waals surface area contributed by atoms with Crippen LogP contribution in [0.2, 0.25) is 0 Å². The van der Waals surface area contributed by atoms with Gasteiger partial charge in [0.1, 0.15) is 0 Å². The van der Waals surface area contributed by atoms with Gasteiger partial charge in [-0.15, -0.1) is 11.6 Å². The lowest BCUT2D eigenvalue weighted by atomic mass is 10.0. The van der Waals surface area contributed by atoms with E-state index >= 15 is 0 Å². The lowest BCUT2D eigenvalue weighted by Gasteiger charge is -2.13. The van der Waals surface area contributed by atoms with Crippen LogP contribution in [0.25, 0.3) is 0 Å². The molecular formula is C12H15ClO3. The van der Waals surface area contributed by atoms with E-state index in [9.17, 15) is 4.79 Å². The largest absolute Gasteiger partial charge is 0.481 e. The Labute approximate surface area is 100.0 Å². The van der Waals surface area contributed by atoms with Gasteiger partial charge in [-0.05, 0) is 17.5 Å². The van der Waals surface area contributed by atoms with Crippen LogP contribution in [0, 0.1) is 0 Å². The van der Waals surface area contributed by atoms with Gasteiger partial charge in [0.15, 0.2) is 0 Å². The fourth-order valence-electron chi connectivity index (χ4n) is 1.53. The van der Waals surface area contributed by atoms with Crippen molar-refractivity contribution in [2.75, 3.05) is 7.11 Å². The van der Waals surface area contributed by atoms with E-state index in [0.717, 1.165) is 11.1 Å². The number of carboxylic acid groups (broad SMARTS) is 1. The molecule has 0 bridgehead atoms. The summed E-state index contributed by atoms with van der Waals surface area (Å²) in [7, 11) is 1.62. The molecular weight excluding hydrogens is 228 g/mol. The van der Waals surface area contributed by atoms with Crippen molar-refractivity contribution in [1.29, 1.82) is 0 Å². The molecule has 0 aliphatic heterocycles. The van der Waals surface area contributed by atoms with Crippen LogP contribution in [0.4, 0.5) is 0 Å². The minimum absolute atomic E-state index is 0.0789. The number of carbonyl (C=O) groups is 1. The number of hydrogen-bond donors (Lipinski definition) is 1. The summed E-state index contributed by atoms with van der Waals surface area (Å²) < 4.78 is 5.07. The third kappa shape index (κ3) is 3.83. The fourth-order valence-corrected chi connectivity index (χ4v) is 1.85. The molecule has 1 aromatic carbocycles. The summed E-state index contributed by atoms with van der Waals surface area (Å²) in [6.07, 6.45) is 0.507. The van der Waals surface area contributed by atoms with Crippen molar-refractivity contribution in [3.05, 3.63) is 35.4 Å². The van der Waals surface area contributed by atoms with Crippen molar-refractivity contribution < 1.29 is 14.6 Å². The number of benzene rings is 1. The molecule has 0 aromatic heterocycles. The molecule has 1 atom stereocenters. The van der Waals surface area contributed by atoms with E-state index in [1.165, 1.54) is 0 Å². The van der Waals surface area contributed by atoms with Gasteiger partial charge in [-0.25, -0.2) is 0 Å². The van der Waals surface area contributed by atoms with Gasteiger partial charge in [-0.1, -0.05) is 24.3 Å². The summed E-state index contributed by atoms with van der Waals surface area (Å²) in [6, 6.07) is 7.66. The van der Waals surface area contributed by atoms with Gasteiger partial charge < -0.3 is 9.84 Å². The van der Waals surface area contributed by atoms with Crippen molar-refractivity contribution in [1.82, 2.24) is 0 Å². The molecule has 0 aliphatic carbocycles. The van der Waals surface area contributed by atoms with Gasteiger partial charge in [0.05, 0.1) is 12.0 Å². The normalized spacial score (nSPS) is 12.4. The molecule has 0 heterocycles. The number of carboxylic acids is 1. The van der Waals surface area contributed by atoms with E-state index in [1.807, 2.05) is 24.3 Å². The Morgan fingerprint density at radius 3 is 2.81 bits per heavy atom. The Morgan fingerprint density at radius 1 is 1.50 bits per heavy atom. The summed E-state index contributed by atoms with van der Waals surface area (Å²) in [5.41, 5.74) is 1.96. The topological polar surface area (TPSA) is 46.5 Å². The summed E-state index contributed by atoms with van der Waals surface area (Å²) in [5, 5.41) is 8.32. The molecule has 0 aliphatic rings. The van der Waals surface area contributed by atoms with E-state index in [2.05, 4.69) is 0 Å². The fraction of sp³-hybridized carbons (Fsp3) is 0.417. The molecule has 0 spiro atoms. The first-order valence-corrected chi connectivity index (χ1v) is 5.51. The number of ether oxygens (including phenoxy) is 1. The zero-order valence-corrected chi connectivity index (χ0v) is 9.91. The van der Waals surface area contributed by atoms with E-state index in [4.69, 9.17) is 21.4 Å². The lowest BCUT2D eigenvalue weighted by molar-refractivity contribution is -0.137. The Bertz CT molecular complexity index is 352. The van der Waals surface area contributed by atoms with Crippen LogP contribution < -0.4 is 0 Å². The highest BCUT2D eigenvalue weighted by Gasteiger charge is 2.13. The zero-order valence-electron chi connectivity index (χ0n) is 9.15. The molecule has 0 saturated carbocycles. The first kappa shape index (κ1) is 13.0. The quantitative estimate of drug-likeness (QED) is 0.780. The van der Waals surface area contributed by atoms with Gasteiger partial charge in [-0.3, -0.25) is 4.79 Å². The van der Waals surface area contributed by atoms with Crippen LogP contribution in [0.5, 0.6) is 0 Å². The third-order valence-corrected chi connectivity index (χ3v) is 2.76. The molecule has 0 radical (unpaired) electrons. The summed E-state index contributed by atoms with van der Waals surface area (Å²) in [4.78, 5) is 10.5. The first-order chi connectivity index (χ1) is 7.65. The molecule has 0 saturated heterocycles. The number of halogens is 1. The van der Waals surface area contributed by atoms with Gasteiger partial charge in [0.2, 0.25) is 0 Å². The van der Waals surface area contributed by atoms with Crippen LogP contribution in [-0.2, 0) is 16.1 Å². The minimum atomic E-state index is -0.824. The predicted molar refractivity (Wildman–Crippen MR) is 62.6 cm³/mol. The van der Waals surface area contributed by atoms with Crippen LogP contribution >= 0.6 is 11.6 Å². The zero-order chi connectivity index (χ0) is 12.0. The minimum Gasteiger partial charge on any atom is -0.481 e. The molecule has 3 nitrogen and oxygen atoms in total. The average Bonchev–Trinajstić information content (AvgIpc) is 2.27. The maximum Gasteiger partial charge on any atom is 0.303 e. The summed E-state index contributed by atoms with van der Waals surface area (Å²) >= 11 is 6.17. The molecule has 1 N–H and O–H groups in total. The smallest absolute Gasteiger partial charge is 0.303 e. The van der Waals surface area contributed by atoms with E-state index in [-0.39, 0.29) is 11.8 Å². The van der Waals surface area contributed by atoms with Crippen molar-refractivity contribution in [3.8, 4) is 0 Å². The number of rotatable bonds is 6. The van der Waals surface area contributed by atoms with Crippen LogP contribution in [-0.4, -0.2) is 18.2 Å². The first-order valence-electron chi connectivity index (χ1n) is 5.07. The standard InChI is InChI=1S/C12H15ClO3/c1-16-8-9-4-2-3-5-10(9)11(13)6-7-12(14)15/h2-5,11H,6-8H2,1H3,(H,14,15). The monoisotopic (exact) mass is 242 g/mol. The number of methoxy groups -OCH3 is 1. The van der Waals surface area contributed by atoms with E-state index in [0.29, 0.717) is 13.0 Å². The Balaban J connectivity index is 2.73. The highest BCUT2D eigenvalue weighted by Crippen LogP contribution is 2.28. The van der Waals surface area contributed by atoms with Gasteiger partial charge >= 0.3 is 5.97 Å². The number of aliphatic carboxylic acids is 1. The number of alkyl halides is 1. The molecule has 0 amide bonds. The van der Waals surface area contributed by atoms with Crippen molar-refractivity contribution in [2.24, 2.45) is 0 Å². The molecule has 4 heteroatoms. The molecule has 1 rings (SSSR count). The maximum atomic E-state index is 10.5.